The van der Waals surface area contributed by atoms with E-state index >= 15 is 0 Å². The molecular formula is C18H24N4O. The predicted octanol–water partition coefficient (Wildman–Crippen LogP) is 1.98. The van der Waals surface area contributed by atoms with Gasteiger partial charge in [-0.1, -0.05) is 37.3 Å². The molecule has 0 radical (unpaired) electrons. The van der Waals surface area contributed by atoms with Crippen molar-refractivity contribution < 1.29 is 4.79 Å². The Morgan fingerprint density at radius 1 is 1.39 bits per heavy atom. The van der Waals surface area contributed by atoms with Crippen molar-refractivity contribution in [3.8, 4) is 0 Å². The molecule has 5 nitrogen and oxygen atoms in total. The van der Waals surface area contributed by atoms with Crippen LogP contribution in [0, 0.1) is 0 Å². The molecule has 1 aliphatic heterocycles. The molecule has 0 saturated carbocycles. The topological polar surface area (TPSA) is 59.0 Å². The Bertz CT molecular complexity index is 644. The summed E-state index contributed by atoms with van der Waals surface area (Å²) in [6, 6.07) is 10.6. The Morgan fingerprint density at radius 2 is 2.22 bits per heavy atom. The van der Waals surface area contributed by atoms with Crippen molar-refractivity contribution in [3.63, 3.8) is 0 Å². The van der Waals surface area contributed by atoms with E-state index in [9.17, 15) is 4.79 Å². The van der Waals surface area contributed by atoms with Gasteiger partial charge >= 0.3 is 0 Å². The van der Waals surface area contributed by atoms with Crippen molar-refractivity contribution in [2.45, 2.75) is 38.8 Å². The maximum atomic E-state index is 12.5. The van der Waals surface area contributed by atoms with Crippen LogP contribution in [-0.4, -0.2) is 34.8 Å². The van der Waals surface area contributed by atoms with Crippen molar-refractivity contribution in [2.75, 3.05) is 13.1 Å². The van der Waals surface area contributed by atoms with Crippen LogP contribution in [0.3, 0.4) is 0 Å². The second kappa shape index (κ2) is 7.42. The van der Waals surface area contributed by atoms with E-state index in [0.29, 0.717) is 24.7 Å². The lowest BCUT2D eigenvalue weighted by Gasteiger charge is -2.12. The number of carbonyl (C=O) groups excluding carboxylic acids is 1. The highest BCUT2D eigenvalue weighted by Gasteiger charge is 2.19. The lowest BCUT2D eigenvalue weighted by Crippen LogP contribution is -2.37. The first kappa shape index (κ1) is 15.7. The smallest absolute Gasteiger partial charge is 0.254 e. The highest BCUT2D eigenvalue weighted by atomic mass is 16.1. The fourth-order valence-corrected chi connectivity index (χ4v) is 3.11. The number of hydrogen-bond acceptors (Lipinski definition) is 3. The van der Waals surface area contributed by atoms with Crippen molar-refractivity contribution in [1.29, 1.82) is 0 Å². The van der Waals surface area contributed by atoms with Gasteiger partial charge in [0.1, 0.15) is 0 Å². The van der Waals surface area contributed by atoms with Gasteiger partial charge in [0.05, 0.1) is 24.0 Å². The van der Waals surface area contributed by atoms with Crippen LogP contribution in [0.4, 0.5) is 0 Å². The van der Waals surface area contributed by atoms with Gasteiger partial charge in [0.15, 0.2) is 0 Å². The molecule has 1 aliphatic rings. The third kappa shape index (κ3) is 3.79. The third-order valence-electron chi connectivity index (χ3n) is 4.37. The van der Waals surface area contributed by atoms with E-state index < -0.39 is 0 Å². The molecule has 0 bridgehead atoms. The number of benzene rings is 1. The van der Waals surface area contributed by atoms with Gasteiger partial charge in [0.2, 0.25) is 0 Å². The van der Waals surface area contributed by atoms with Gasteiger partial charge in [-0.2, -0.15) is 5.10 Å². The fraction of sp³-hybridized carbons (Fsp3) is 0.444. The molecule has 3 rings (SSSR count). The summed E-state index contributed by atoms with van der Waals surface area (Å²) >= 11 is 0. The summed E-state index contributed by atoms with van der Waals surface area (Å²) in [7, 11) is 0. The fourth-order valence-electron chi connectivity index (χ4n) is 3.11. The minimum Gasteiger partial charge on any atom is -0.350 e. The zero-order chi connectivity index (χ0) is 16.1. The van der Waals surface area contributed by atoms with E-state index in [4.69, 9.17) is 0 Å². The molecule has 1 aromatic heterocycles. The monoisotopic (exact) mass is 312 g/mol. The van der Waals surface area contributed by atoms with Gasteiger partial charge in [-0.05, 0) is 31.4 Å². The van der Waals surface area contributed by atoms with Crippen molar-refractivity contribution in [1.82, 2.24) is 20.4 Å². The first-order valence-electron chi connectivity index (χ1n) is 8.38. The molecule has 1 aromatic carbocycles. The van der Waals surface area contributed by atoms with E-state index in [1.54, 1.807) is 6.20 Å². The summed E-state index contributed by atoms with van der Waals surface area (Å²) in [4.78, 5) is 12.5. The number of hydrogen-bond donors (Lipinski definition) is 2. The lowest BCUT2D eigenvalue weighted by atomic mass is 10.1. The molecule has 122 valence electrons. The third-order valence-corrected chi connectivity index (χ3v) is 4.37. The van der Waals surface area contributed by atoms with Crippen LogP contribution in [0.5, 0.6) is 0 Å². The molecule has 2 aromatic rings. The molecule has 1 unspecified atom stereocenters. The second-order valence-electron chi connectivity index (χ2n) is 6.01. The maximum absolute atomic E-state index is 12.5. The zero-order valence-electron chi connectivity index (χ0n) is 13.6. The van der Waals surface area contributed by atoms with E-state index in [0.717, 1.165) is 25.1 Å². The lowest BCUT2D eigenvalue weighted by molar-refractivity contribution is 0.0949. The van der Waals surface area contributed by atoms with Crippen LogP contribution < -0.4 is 10.6 Å². The highest BCUT2D eigenvalue weighted by Crippen LogP contribution is 2.13. The maximum Gasteiger partial charge on any atom is 0.254 e. The molecule has 1 fully saturated rings. The van der Waals surface area contributed by atoms with E-state index in [-0.39, 0.29) is 5.91 Å². The molecule has 2 heterocycles. The zero-order valence-corrected chi connectivity index (χ0v) is 13.6. The average molecular weight is 312 g/mol. The van der Waals surface area contributed by atoms with Crippen molar-refractivity contribution in [3.05, 3.63) is 53.3 Å². The Balaban J connectivity index is 1.68. The van der Waals surface area contributed by atoms with Gasteiger partial charge in [-0.15, -0.1) is 0 Å². The molecule has 1 saturated heterocycles. The highest BCUT2D eigenvalue weighted by molar-refractivity contribution is 5.95. The quantitative estimate of drug-likeness (QED) is 0.857. The number of aromatic nitrogens is 2. The number of carbonyl (C=O) groups is 1. The molecule has 23 heavy (non-hydrogen) atoms. The number of nitrogens with one attached hydrogen (secondary N) is 2. The molecule has 1 amide bonds. The van der Waals surface area contributed by atoms with Gasteiger partial charge in [0.25, 0.3) is 5.91 Å². The Kier molecular flexibility index (Phi) is 5.08. The minimum atomic E-state index is -0.0186. The minimum absolute atomic E-state index is 0.0186. The van der Waals surface area contributed by atoms with Crippen LogP contribution in [0.15, 0.2) is 36.5 Å². The SMILES string of the molecule is CCc1c(C(=O)NCC2CCCN2)cnn1Cc1ccccc1. The van der Waals surface area contributed by atoms with E-state index in [2.05, 4.69) is 34.8 Å². The van der Waals surface area contributed by atoms with Crippen LogP contribution >= 0.6 is 0 Å². The average Bonchev–Trinajstić information content (AvgIpc) is 3.23. The number of amides is 1. The van der Waals surface area contributed by atoms with Crippen LogP contribution in [-0.2, 0) is 13.0 Å². The van der Waals surface area contributed by atoms with E-state index in [1.165, 1.54) is 12.0 Å². The standard InChI is InChI=1S/C18H24N4O/c1-2-17-16(18(23)20-11-15-9-6-10-19-15)12-21-22(17)13-14-7-4-3-5-8-14/h3-5,7-8,12,15,19H,2,6,9-11,13H2,1H3,(H,20,23). The Hall–Kier alpha value is -2.14. The van der Waals surface area contributed by atoms with Crippen molar-refractivity contribution in [2.24, 2.45) is 0 Å². The van der Waals surface area contributed by atoms with E-state index in [1.807, 2.05) is 22.9 Å². The molecule has 1 atom stereocenters. The summed E-state index contributed by atoms with van der Waals surface area (Å²) < 4.78 is 1.93. The van der Waals surface area contributed by atoms with Gasteiger partial charge in [-0.3, -0.25) is 9.48 Å². The molecule has 0 aliphatic carbocycles. The van der Waals surface area contributed by atoms with Crippen molar-refractivity contribution >= 4 is 5.91 Å². The largest absolute Gasteiger partial charge is 0.350 e. The summed E-state index contributed by atoms with van der Waals surface area (Å²) in [6.45, 7) is 4.50. The number of nitrogens with zero attached hydrogens (tertiary/aromatic N) is 2. The summed E-state index contributed by atoms with van der Waals surface area (Å²) in [5.74, 6) is -0.0186. The molecule has 5 heteroatoms. The first-order valence-corrected chi connectivity index (χ1v) is 8.38. The van der Waals surface area contributed by atoms with Gasteiger partial charge in [0, 0.05) is 12.6 Å². The first-order chi connectivity index (χ1) is 11.3. The van der Waals surface area contributed by atoms with Gasteiger partial charge in [-0.25, -0.2) is 0 Å². The Labute approximate surface area is 137 Å². The van der Waals surface area contributed by atoms with Crippen LogP contribution in [0.2, 0.25) is 0 Å². The predicted molar refractivity (Wildman–Crippen MR) is 90.5 cm³/mol. The summed E-state index contributed by atoms with van der Waals surface area (Å²) in [5.41, 5.74) is 2.87. The Morgan fingerprint density at radius 3 is 2.91 bits per heavy atom. The molecule has 0 spiro atoms. The number of rotatable bonds is 6. The van der Waals surface area contributed by atoms with Crippen LogP contribution in [0.1, 0.15) is 41.4 Å². The normalized spacial score (nSPS) is 17.3. The second-order valence-corrected chi connectivity index (χ2v) is 6.01. The molecular weight excluding hydrogens is 288 g/mol. The summed E-state index contributed by atoms with van der Waals surface area (Å²) in [6.07, 6.45) is 4.81. The van der Waals surface area contributed by atoms with Gasteiger partial charge < -0.3 is 10.6 Å². The molecule has 2 N–H and O–H groups in total. The van der Waals surface area contributed by atoms with Crippen LogP contribution in [0.25, 0.3) is 0 Å². The summed E-state index contributed by atoms with van der Waals surface area (Å²) in [5, 5.41) is 10.9.